The molecule has 4 heteroatoms. The highest BCUT2D eigenvalue weighted by atomic mass is 16.5. The van der Waals surface area contributed by atoms with Gasteiger partial charge in [0.05, 0.1) is 6.61 Å². The molecule has 4 nitrogen and oxygen atoms in total. The van der Waals surface area contributed by atoms with E-state index in [-0.39, 0.29) is 5.91 Å². The van der Waals surface area contributed by atoms with E-state index < -0.39 is 0 Å². The number of nitrogens with zero attached hydrogens (tertiary/aromatic N) is 2. The van der Waals surface area contributed by atoms with Gasteiger partial charge < -0.3 is 14.5 Å². The van der Waals surface area contributed by atoms with Crippen molar-refractivity contribution in [1.29, 1.82) is 0 Å². The molecule has 0 saturated carbocycles. The normalized spacial score (nSPS) is 26.3. The highest BCUT2D eigenvalue weighted by Gasteiger charge is 2.24. The number of likely N-dealkylation sites (tertiary alicyclic amines) is 1. The highest BCUT2D eigenvalue weighted by Crippen LogP contribution is 2.21. The summed E-state index contributed by atoms with van der Waals surface area (Å²) in [6, 6.07) is 0. The van der Waals surface area contributed by atoms with Crippen molar-refractivity contribution in [1.82, 2.24) is 9.80 Å². The van der Waals surface area contributed by atoms with Crippen LogP contribution in [0.15, 0.2) is 0 Å². The second-order valence-corrected chi connectivity index (χ2v) is 6.23. The molecular formula is C15H28N2O2. The first-order valence-corrected chi connectivity index (χ1v) is 7.67. The zero-order valence-electron chi connectivity index (χ0n) is 12.4. The summed E-state index contributed by atoms with van der Waals surface area (Å²) >= 11 is 0. The van der Waals surface area contributed by atoms with Crippen molar-refractivity contribution in [3.63, 3.8) is 0 Å². The van der Waals surface area contributed by atoms with Crippen molar-refractivity contribution in [2.75, 3.05) is 46.4 Å². The summed E-state index contributed by atoms with van der Waals surface area (Å²) in [6.45, 7) is 8.06. The van der Waals surface area contributed by atoms with Crippen LogP contribution in [0.4, 0.5) is 0 Å². The number of rotatable bonds is 4. The lowest BCUT2D eigenvalue weighted by Gasteiger charge is -2.36. The molecule has 0 aromatic heterocycles. The number of hydrogen-bond donors (Lipinski definition) is 0. The van der Waals surface area contributed by atoms with Gasteiger partial charge in [-0.05, 0) is 50.6 Å². The largest absolute Gasteiger partial charge is 0.381 e. The van der Waals surface area contributed by atoms with Gasteiger partial charge in [0.25, 0.3) is 0 Å². The lowest BCUT2D eigenvalue weighted by Crippen LogP contribution is -2.41. The second kappa shape index (κ2) is 7.25. The average molecular weight is 268 g/mol. The maximum atomic E-state index is 11.2. The van der Waals surface area contributed by atoms with E-state index in [0.717, 1.165) is 25.7 Å². The molecule has 1 unspecified atom stereocenters. The van der Waals surface area contributed by atoms with E-state index in [4.69, 9.17) is 4.74 Å². The molecule has 0 N–H and O–H groups in total. The summed E-state index contributed by atoms with van der Waals surface area (Å²) in [6.07, 6.45) is 5.01. The minimum Gasteiger partial charge on any atom is -0.381 e. The molecule has 0 spiro atoms. The van der Waals surface area contributed by atoms with Gasteiger partial charge in [-0.3, -0.25) is 4.79 Å². The summed E-state index contributed by atoms with van der Waals surface area (Å²) in [4.78, 5) is 15.7. The van der Waals surface area contributed by atoms with Crippen LogP contribution in [-0.2, 0) is 9.53 Å². The monoisotopic (exact) mass is 268 g/mol. The summed E-state index contributed by atoms with van der Waals surface area (Å²) in [5.41, 5.74) is 0. The minimum absolute atomic E-state index is 0.182. The molecule has 2 fully saturated rings. The van der Waals surface area contributed by atoms with Gasteiger partial charge in [-0.1, -0.05) is 0 Å². The first kappa shape index (κ1) is 14.8. The fourth-order valence-electron chi connectivity index (χ4n) is 3.18. The number of amides is 1. The van der Waals surface area contributed by atoms with Gasteiger partial charge in [-0.2, -0.15) is 0 Å². The molecule has 0 aliphatic carbocycles. The van der Waals surface area contributed by atoms with Crippen molar-refractivity contribution in [2.24, 2.45) is 11.8 Å². The predicted octanol–water partition coefficient (Wildman–Crippen LogP) is 1.60. The van der Waals surface area contributed by atoms with E-state index >= 15 is 0 Å². The fourth-order valence-corrected chi connectivity index (χ4v) is 3.18. The number of carbonyl (C=O) groups excluding carboxylic acids is 1. The van der Waals surface area contributed by atoms with Crippen molar-refractivity contribution in [3.8, 4) is 0 Å². The van der Waals surface area contributed by atoms with Gasteiger partial charge in [0, 0.05) is 33.7 Å². The molecular weight excluding hydrogens is 240 g/mol. The molecule has 0 aromatic carbocycles. The van der Waals surface area contributed by atoms with Crippen LogP contribution in [0.25, 0.3) is 0 Å². The van der Waals surface area contributed by atoms with E-state index in [1.807, 2.05) is 11.9 Å². The standard InChI is InChI=1S/C15H28N2O2/c1-13(18)16(2)10-14-5-7-17(8-6-14)11-15-4-3-9-19-12-15/h14-15H,3-12H2,1-2H3. The molecule has 2 aliphatic rings. The van der Waals surface area contributed by atoms with Crippen LogP contribution in [0, 0.1) is 11.8 Å². The number of piperidine rings is 1. The van der Waals surface area contributed by atoms with Gasteiger partial charge in [-0.15, -0.1) is 0 Å². The minimum atomic E-state index is 0.182. The van der Waals surface area contributed by atoms with Crippen LogP contribution in [0.1, 0.15) is 32.6 Å². The zero-order chi connectivity index (χ0) is 13.7. The summed E-state index contributed by atoms with van der Waals surface area (Å²) in [7, 11) is 1.91. The number of carbonyl (C=O) groups is 1. The molecule has 2 aliphatic heterocycles. The summed E-state index contributed by atoms with van der Waals surface area (Å²) in [5, 5.41) is 0. The third-order valence-corrected chi connectivity index (χ3v) is 4.55. The maximum Gasteiger partial charge on any atom is 0.219 e. The average Bonchev–Trinajstić information content (AvgIpc) is 2.42. The van der Waals surface area contributed by atoms with Crippen molar-refractivity contribution in [2.45, 2.75) is 32.6 Å². The van der Waals surface area contributed by atoms with Crippen LogP contribution in [0.3, 0.4) is 0 Å². The Morgan fingerprint density at radius 2 is 2.00 bits per heavy atom. The van der Waals surface area contributed by atoms with Gasteiger partial charge in [0.2, 0.25) is 5.91 Å². The molecule has 1 atom stereocenters. The Labute approximate surface area is 117 Å². The van der Waals surface area contributed by atoms with E-state index in [0.29, 0.717) is 5.92 Å². The summed E-state index contributed by atoms with van der Waals surface area (Å²) < 4.78 is 5.55. The third-order valence-electron chi connectivity index (χ3n) is 4.55. The van der Waals surface area contributed by atoms with Crippen LogP contribution in [0.2, 0.25) is 0 Å². The predicted molar refractivity (Wildman–Crippen MR) is 76.0 cm³/mol. The Kier molecular flexibility index (Phi) is 5.64. The third kappa shape index (κ3) is 4.77. The van der Waals surface area contributed by atoms with E-state index in [9.17, 15) is 4.79 Å². The van der Waals surface area contributed by atoms with Crippen LogP contribution >= 0.6 is 0 Å². The van der Waals surface area contributed by atoms with Crippen molar-refractivity contribution in [3.05, 3.63) is 0 Å². The lowest BCUT2D eigenvalue weighted by atomic mass is 9.94. The molecule has 19 heavy (non-hydrogen) atoms. The summed E-state index contributed by atoms with van der Waals surface area (Å²) in [5.74, 6) is 1.61. The zero-order valence-corrected chi connectivity index (χ0v) is 12.4. The number of hydrogen-bond acceptors (Lipinski definition) is 3. The lowest BCUT2D eigenvalue weighted by molar-refractivity contribution is -0.128. The van der Waals surface area contributed by atoms with Gasteiger partial charge in [0.15, 0.2) is 0 Å². The van der Waals surface area contributed by atoms with E-state index in [1.54, 1.807) is 6.92 Å². The van der Waals surface area contributed by atoms with Gasteiger partial charge >= 0.3 is 0 Å². The highest BCUT2D eigenvalue weighted by molar-refractivity contribution is 5.72. The van der Waals surface area contributed by atoms with Crippen LogP contribution < -0.4 is 0 Å². The molecule has 0 radical (unpaired) electrons. The topological polar surface area (TPSA) is 32.8 Å². The van der Waals surface area contributed by atoms with Gasteiger partial charge in [-0.25, -0.2) is 0 Å². The first-order chi connectivity index (χ1) is 9.15. The second-order valence-electron chi connectivity index (χ2n) is 6.23. The van der Waals surface area contributed by atoms with E-state index in [1.165, 1.54) is 45.3 Å². The van der Waals surface area contributed by atoms with E-state index in [2.05, 4.69) is 4.90 Å². The molecule has 1 amide bonds. The number of ether oxygens (including phenoxy) is 1. The van der Waals surface area contributed by atoms with Crippen LogP contribution in [-0.4, -0.2) is 62.1 Å². The molecule has 110 valence electrons. The van der Waals surface area contributed by atoms with Gasteiger partial charge in [0.1, 0.15) is 0 Å². The fraction of sp³-hybridized carbons (Fsp3) is 0.933. The Hall–Kier alpha value is -0.610. The molecule has 0 aromatic rings. The van der Waals surface area contributed by atoms with Crippen LogP contribution in [0.5, 0.6) is 0 Å². The van der Waals surface area contributed by atoms with Crippen molar-refractivity contribution >= 4 is 5.91 Å². The van der Waals surface area contributed by atoms with Crippen molar-refractivity contribution < 1.29 is 9.53 Å². The molecule has 0 bridgehead atoms. The smallest absolute Gasteiger partial charge is 0.219 e. The molecule has 2 rings (SSSR count). The molecule has 2 saturated heterocycles. The first-order valence-electron chi connectivity index (χ1n) is 7.67. The Morgan fingerprint density at radius 1 is 1.26 bits per heavy atom. The Morgan fingerprint density at radius 3 is 2.58 bits per heavy atom. The molecule has 2 heterocycles. The quantitative estimate of drug-likeness (QED) is 0.776. The maximum absolute atomic E-state index is 11.2. The Bertz CT molecular complexity index is 282. The Balaban J connectivity index is 1.65. The SMILES string of the molecule is CC(=O)N(C)CC1CCN(CC2CCCOC2)CC1.